The average Bonchev–Trinajstić information content (AvgIpc) is 2.89. The van der Waals surface area contributed by atoms with Crippen LogP contribution in [-0.4, -0.2) is 12.0 Å². The molecule has 0 radical (unpaired) electrons. The normalized spacial score (nSPS) is 11.0. The summed E-state index contributed by atoms with van der Waals surface area (Å²) in [4.78, 5) is 5.81. The van der Waals surface area contributed by atoms with Gasteiger partial charge < -0.3 is 10.3 Å². The van der Waals surface area contributed by atoms with E-state index < -0.39 is 0 Å². The third kappa shape index (κ3) is 2.67. The van der Waals surface area contributed by atoms with E-state index in [1.54, 1.807) is 0 Å². The standard InChI is InChI=1S/C16H16N2S/c1-17-11-13-4-2-3-5-16(13)19-14-6-7-15-12(10-14)8-9-18-15/h2-10,17-18H,11H2,1H3. The van der Waals surface area contributed by atoms with Crippen molar-refractivity contribution >= 4 is 22.7 Å². The van der Waals surface area contributed by atoms with E-state index in [2.05, 4.69) is 58.8 Å². The molecule has 19 heavy (non-hydrogen) atoms. The number of fused-ring (bicyclic) bond motifs is 1. The van der Waals surface area contributed by atoms with Gasteiger partial charge in [-0.3, -0.25) is 0 Å². The van der Waals surface area contributed by atoms with Crippen LogP contribution in [0.2, 0.25) is 0 Å². The Kier molecular flexibility index (Phi) is 3.58. The summed E-state index contributed by atoms with van der Waals surface area (Å²) in [6.45, 7) is 0.898. The van der Waals surface area contributed by atoms with Gasteiger partial charge in [0.05, 0.1) is 0 Å². The van der Waals surface area contributed by atoms with Crippen molar-refractivity contribution in [2.45, 2.75) is 16.3 Å². The first-order valence-electron chi connectivity index (χ1n) is 6.34. The highest BCUT2D eigenvalue weighted by Crippen LogP contribution is 2.32. The van der Waals surface area contributed by atoms with Crippen LogP contribution in [0.3, 0.4) is 0 Å². The lowest BCUT2D eigenvalue weighted by molar-refractivity contribution is 0.803. The van der Waals surface area contributed by atoms with Gasteiger partial charge >= 0.3 is 0 Å². The van der Waals surface area contributed by atoms with E-state index in [1.807, 2.05) is 25.0 Å². The first-order chi connectivity index (χ1) is 9.36. The van der Waals surface area contributed by atoms with Crippen LogP contribution in [0.4, 0.5) is 0 Å². The van der Waals surface area contributed by atoms with Gasteiger partial charge in [-0.25, -0.2) is 0 Å². The molecule has 2 aromatic carbocycles. The Hall–Kier alpha value is -1.71. The Labute approximate surface area is 117 Å². The van der Waals surface area contributed by atoms with Crippen LogP contribution >= 0.6 is 11.8 Å². The van der Waals surface area contributed by atoms with Crippen molar-refractivity contribution in [2.24, 2.45) is 0 Å². The van der Waals surface area contributed by atoms with Gasteiger partial charge in [0.15, 0.2) is 0 Å². The lowest BCUT2D eigenvalue weighted by Gasteiger charge is -2.08. The Bertz CT molecular complexity index is 688. The molecule has 2 N–H and O–H groups in total. The van der Waals surface area contributed by atoms with Crippen LogP contribution in [0.1, 0.15) is 5.56 Å². The van der Waals surface area contributed by atoms with Crippen LogP contribution < -0.4 is 5.32 Å². The zero-order valence-electron chi connectivity index (χ0n) is 10.8. The highest BCUT2D eigenvalue weighted by molar-refractivity contribution is 7.99. The summed E-state index contributed by atoms with van der Waals surface area (Å²) < 4.78 is 0. The highest BCUT2D eigenvalue weighted by Gasteiger charge is 2.04. The fourth-order valence-corrected chi connectivity index (χ4v) is 3.16. The molecule has 0 atom stereocenters. The van der Waals surface area contributed by atoms with Gasteiger partial charge in [-0.05, 0) is 42.9 Å². The molecule has 3 heteroatoms. The summed E-state index contributed by atoms with van der Waals surface area (Å²) in [5.41, 5.74) is 2.53. The second-order valence-corrected chi connectivity index (χ2v) is 5.58. The zero-order chi connectivity index (χ0) is 13.1. The molecule has 3 rings (SSSR count). The van der Waals surface area contributed by atoms with E-state index in [1.165, 1.54) is 26.3 Å². The second-order valence-electron chi connectivity index (χ2n) is 4.47. The van der Waals surface area contributed by atoms with Gasteiger partial charge in [0, 0.05) is 33.4 Å². The van der Waals surface area contributed by atoms with E-state index in [9.17, 15) is 0 Å². The molecule has 0 unspecified atom stereocenters. The highest BCUT2D eigenvalue weighted by atomic mass is 32.2. The molecule has 0 amide bonds. The molecular formula is C16H16N2S. The lowest BCUT2D eigenvalue weighted by atomic mass is 10.2. The molecule has 0 spiro atoms. The van der Waals surface area contributed by atoms with Crippen LogP contribution in [0, 0.1) is 0 Å². The van der Waals surface area contributed by atoms with Crippen molar-refractivity contribution in [3.8, 4) is 0 Å². The molecule has 3 aromatic rings. The maximum absolute atomic E-state index is 3.22. The largest absolute Gasteiger partial charge is 0.361 e. The topological polar surface area (TPSA) is 27.8 Å². The van der Waals surface area contributed by atoms with Gasteiger partial charge in [-0.2, -0.15) is 0 Å². The fourth-order valence-electron chi connectivity index (χ4n) is 2.16. The number of hydrogen-bond acceptors (Lipinski definition) is 2. The van der Waals surface area contributed by atoms with Crippen LogP contribution in [-0.2, 0) is 6.54 Å². The van der Waals surface area contributed by atoms with Gasteiger partial charge in [-0.15, -0.1) is 0 Å². The van der Waals surface area contributed by atoms with Crippen LogP contribution in [0.5, 0.6) is 0 Å². The Balaban J connectivity index is 1.91. The third-order valence-corrected chi connectivity index (χ3v) is 4.20. The molecule has 1 aromatic heterocycles. The first-order valence-corrected chi connectivity index (χ1v) is 7.16. The number of aromatic amines is 1. The SMILES string of the molecule is CNCc1ccccc1Sc1ccc2[nH]ccc2c1. The van der Waals surface area contributed by atoms with Crippen LogP contribution in [0.15, 0.2) is 64.5 Å². The Morgan fingerprint density at radius 3 is 2.89 bits per heavy atom. The summed E-state index contributed by atoms with van der Waals surface area (Å²) >= 11 is 1.82. The minimum Gasteiger partial charge on any atom is -0.361 e. The number of H-pyrrole nitrogens is 1. The molecule has 0 aliphatic heterocycles. The predicted molar refractivity (Wildman–Crippen MR) is 81.6 cm³/mol. The van der Waals surface area contributed by atoms with Gasteiger partial charge in [0.2, 0.25) is 0 Å². The molecule has 0 saturated carbocycles. The summed E-state index contributed by atoms with van der Waals surface area (Å²) in [7, 11) is 1.98. The summed E-state index contributed by atoms with van der Waals surface area (Å²) in [5.74, 6) is 0. The van der Waals surface area contributed by atoms with Crippen molar-refractivity contribution < 1.29 is 0 Å². The lowest BCUT2D eigenvalue weighted by Crippen LogP contribution is -2.05. The number of aromatic nitrogens is 1. The summed E-state index contributed by atoms with van der Waals surface area (Å²) in [5, 5.41) is 4.48. The van der Waals surface area contributed by atoms with E-state index in [4.69, 9.17) is 0 Å². The minimum atomic E-state index is 0.898. The van der Waals surface area contributed by atoms with Crippen molar-refractivity contribution in [1.82, 2.24) is 10.3 Å². The molecule has 2 nitrogen and oxygen atoms in total. The Morgan fingerprint density at radius 1 is 1.11 bits per heavy atom. The molecule has 96 valence electrons. The summed E-state index contributed by atoms with van der Waals surface area (Å²) in [6.07, 6.45) is 1.98. The fraction of sp³-hybridized carbons (Fsp3) is 0.125. The van der Waals surface area contributed by atoms with Gasteiger partial charge in [0.1, 0.15) is 0 Å². The second kappa shape index (κ2) is 5.51. The smallest absolute Gasteiger partial charge is 0.0454 e. The first kappa shape index (κ1) is 12.3. The van der Waals surface area contributed by atoms with E-state index in [-0.39, 0.29) is 0 Å². The number of nitrogens with one attached hydrogen (secondary N) is 2. The summed E-state index contributed by atoms with van der Waals surface area (Å²) in [6, 6.07) is 17.2. The maximum atomic E-state index is 3.22. The minimum absolute atomic E-state index is 0.898. The average molecular weight is 268 g/mol. The van der Waals surface area contributed by atoms with E-state index in [0.29, 0.717) is 0 Å². The predicted octanol–water partition coefficient (Wildman–Crippen LogP) is 4.04. The van der Waals surface area contributed by atoms with Crippen molar-refractivity contribution in [1.29, 1.82) is 0 Å². The Morgan fingerprint density at radius 2 is 2.00 bits per heavy atom. The number of hydrogen-bond donors (Lipinski definition) is 2. The van der Waals surface area contributed by atoms with E-state index in [0.717, 1.165) is 6.54 Å². The number of rotatable bonds is 4. The molecular weight excluding hydrogens is 252 g/mol. The molecule has 1 heterocycles. The monoisotopic (exact) mass is 268 g/mol. The molecule has 0 aliphatic carbocycles. The van der Waals surface area contributed by atoms with E-state index >= 15 is 0 Å². The maximum Gasteiger partial charge on any atom is 0.0454 e. The zero-order valence-corrected chi connectivity index (χ0v) is 11.6. The molecule has 0 fully saturated rings. The van der Waals surface area contributed by atoms with Crippen LogP contribution in [0.25, 0.3) is 10.9 Å². The van der Waals surface area contributed by atoms with Gasteiger partial charge in [0.25, 0.3) is 0 Å². The third-order valence-electron chi connectivity index (χ3n) is 3.09. The van der Waals surface area contributed by atoms with Crippen molar-refractivity contribution in [2.75, 3.05) is 7.05 Å². The quantitative estimate of drug-likeness (QED) is 0.747. The van der Waals surface area contributed by atoms with Crippen molar-refractivity contribution in [3.63, 3.8) is 0 Å². The molecule has 0 aliphatic rings. The molecule has 0 saturated heterocycles. The van der Waals surface area contributed by atoms with Crippen molar-refractivity contribution in [3.05, 3.63) is 60.3 Å². The number of benzene rings is 2. The molecule has 0 bridgehead atoms. The van der Waals surface area contributed by atoms with Gasteiger partial charge in [-0.1, -0.05) is 30.0 Å².